The molecule has 0 saturated heterocycles. The van der Waals surface area contributed by atoms with Crippen LogP contribution in [-0.4, -0.2) is 18.2 Å². The molecule has 0 radical (unpaired) electrons. The van der Waals surface area contributed by atoms with Crippen LogP contribution in [0.2, 0.25) is 0 Å². The molecule has 0 atom stereocenters. The molecule has 1 rings (SSSR count). The predicted octanol–water partition coefficient (Wildman–Crippen LogP) is 1.25. The quantitative estimate of drug-likeness (QED) is 0.709. The van der Waals surface area contributed by atoms with Gasteiger partial charge in [0.05, 0.1) is 18.4 Å². The van der Waals surface area contributed by atoms with Crippen LogP contribution in [-0.2, 0) is 0 Å². The minimum Gasteiger partial charge on any atom is -0.491 e. The highest BCUT2D eigenvalue weighted by Crippen LogP contribution is 2.29. The number of halogens is 2. The molecule has 6 heteroatoms. The van der Waals surface area contributed by atoms with Gasteiger partial charge in [0, 0.05) is 0 Å². The van der Waals surface area contributed by atoms with Gasteiger partial charge in [-0.3, -0.25) is 0 Å². The van der Waals surface area contributed by atoms with Gasteiger partial charge in [-0.05, 0) is 6.07 Å². The van der Waals surface area contributed by atoms with Crippen LogP contribution in [0.1, 0.15) is 10.4 Å². The lowest BCUT2D eigenvalue weighted by Crippen LogP contribution is -2.07. The van der Waals surface area contributed by atoms with Crippen molar-refractivity contribution in [1.82, 2.24) is 0 Å². The van der Waals surface area contributed by atoms with Crippen molar-refractivity contribution in [3.05, 3.63) is 23.3 Å². The number of nitrogens with two attached hydrogens (primary N) is 1. The Kier molecular flexibility index (Phi) is 2.55. The molecule has 0 amide bonds. The first-order valence-electron chi connectivity index (χ1n) is 3.53. The van der Waals surface area contributed by atoms with E-state index in [4.69, 9.17) is 10.8 Å². The number of hydrogen-bond donors (Lipinski definition) is 2. The molecule has 0 aliphatic rings. The number of hydrogen-bond acceptors (Lipinski definition) is 3. The van der Waals surface area contributed by atoms with Crippen molar-refractivity contribution in [2.24, 2.45) is 0 Å². The normalized spacial score (nSPS) is 9.93. The zero-order valence-corrected chi connectivity index (χ0v) is 7.17. The largest absolute Gasteiger partial charge is 0.491 e. The summed E-state index contributed by atoms with van der Waals surface area (Å²) in [5.41, 5.74) is 3.86. The zero-order valence-electron chi connectivity index (χ0n) is 7.17. The number of aromatic carboxylic acids is 1. The number of carboxylic acid groups (broad SMARTS) is 1. The number of benzene rings is 1. The SMILES string of the molecule is COc1c(F)cc(C(=O)O)c(N)c1F. The van der Waals surface area contributed by atoms with E-state index >= 15 is 0 Å². The van der Waals surface area contributed by atoms with Gasteiger partial charge in [-0.25, -0.2) is 13.6 Å². The van der Waals surface area contributed by atoms with Crippen molar-refractivity contribution in [2.75, 3.05) is 12.8 Å². The van der Waals surface area contributed by atoms with Crippen LogP contribution in [0.15, 0.2) is 6.07 Å². The van der Waals surface area contributed by atoms with Gasteiger partial charge in [0.25, 0.3) is 0 Å². The summed E-state index contributed by atoms with van der Waals surface area (Å²) < 4.78 is 30.5. The maximum atomic E-state index is 13.1. The van der Waals surface area contributed by atoms with Gasteiger partial charge in [0.1, 0.15) is 0 Å². The van der Waals surface area contributed by atoms with E-state index in [-0.39, 0.29) is 0 Å². The molecule has 0 aliphatic carbocycles. The third-order valence-electron chi connectivity index (χ3n) is 1.65. The number of rotatable bonds is 2. The van der Waals surface area contributed by atoms with Crippen LogP contribution < -0.4 is 10.5 Å². The van der Waals surface area contributed by atoms with Gasteiger partial charge in [-0.2, -0.15) is 0 Å². The monoisotopic (exact) mass is 203 g/mol. The van der Waals surface area contributed by atoms with E-state index < -0.39 is 34.6 Å². The van der Waals surface area contributed by atoms with Gasteiger partial charge in [0.2, 0.25) is 0 Å². The first kappa shape index (κ1) is 10.2. The molecule has 0 saturated carbocycles. The molecule has 76 valence electrons. The van der Waals surface area contributed by atoms with Crippen molar-refractivity contribution in [3.63, 3.8) is 0 Å². The summed E-state index contributed by atoms with van der Waals surface area (Å²) in [5.74, 6) is -4.49. The zero-order chi connectivity index (χ0) is 10.9. The summed E-state index contributed by atoms with van der Waals surface area (Å²) in [6.07, 6.45) is 0. The van der Waals surface area contributed by atoms with E-state index in [0.29, 0.717) is 6.07 Å². The first-order chi connectivity index (χ1) is 6.49. The third kappa shape index (κ3) is 1.46. The highest BCUT2D eigenvalue weighted by molar-refractivity contribution is 5.94. The fraction of sp³-hybridized carbons (Fsp3) is 0.125. The Morgan fingerprint density at radius 3 is 2.57 bits per heavy atom. The molecular formula is C8H7F2NO3. The maximum Gasteiger partial charge on any atom is 0.338 e. The van der Waals surface area contributed by atoms with Gasteiger partial charge in [0.15, 0.2) is 17.4 Å². The van der Waals surface area contributed by atoms with Gasteiger partial charge >= 0.3 is 5.97 Å². The van der Waals surface area contributed by atoms with E-state index in [9.17, 15) is 13.6 Å². The summed E-state index contributed by atoms with van der Waals surface area (Å²) in [6, 6.07) is 0.611. The molecule has 0 heterocycles. The Balaban J connectivity index is 3.47. The number of ether oxygens (including phenoxy) is 1. The summed E-state index contributed by atoms with van der Waals surface area (Å²) >= 11 is 0. The van der Waals surface area contributed by atoms with E-state index in [1.54, 1.807) is 0 Å². The van der Waals surface area contributed by atoms with E-state index in [0.717, 1.165) is 7.11 Å². The third-order valence-corrected chi connectivity index (χ3v) is 1.65. The Morgan fingerprint density at radius 2 is 2.14 bits per heavy atom. The average Bonchev–Trinajstić information content (AvgIpc) is 2.12. The van der Waals surface area contributed by atoms with Crippen LogP contribution in [0, 0.1) is 11.6 Å². The summed E-state index contributed by atoms with van der Waals surface area (Å²) in [4.78, 5) is 10.5. The molecule has 0 fully saturated rings. The molecule has 0 aromatic heterocycles. The highest BCUT2D eigenvalue weighted by atomic mass is 19.1. The Labute approximate surface area is 77.9 Å². The van der Waals surface area contributed by atoms with E-state index in [1.807, 2.05) is 0 Å². The lowest BCUT2D eigenvalue weighted by molar-refractivity contribution is 0.0697. The first-order valence-corrected chi connectivity index (χ1v) is 3.53. The molecule has 3 N–H and O–H groups in total. The van der Waals surface area contributed by atoms with Gasteiger partial charge < -0.3 is 15.6 Å². The fourth-order valence-electron chi connectivity index (χ4n) is 0.979. The maximum absolute atomic E-state index is 13.1. The second kappa shape index (κ2) is 3.49. The van der Waals surface area contributed by atoms with Gasteiger partial charge in [-0.15, -0.1) is 0 Å². The standard InChI is InChI=1S/C8H7F2NO3/c1-14-7-4(9)2-3(8(12)13)6(11)5(7)10/h2H,11H2,1H3,(H,12,13). The molecule has 1 aromatic carbocycles. The average molecular weight is 203 g/mol. The molecule has 14 heavy (non-hydrogen) atoms. The lowest BCUT2D eigenvalue weighted by atomic mass is 10.1. The molecular weight excluding hydrogens is 196 g/mol. The molecule has 0 bridgehead atoms. The predicted molar refractivity (Wildman–Crippen MR) is 44.3 cm³/mol. The van der Waals surface area contributed by atoms with Crippen molar-refractivity contribution in [2.45, 2.75) is 0 Å². The molecule has 1 aromatic rings. The second-order valence-corrected chi connectivity index (χ2v) is 2.47. The van der Waals surface area contributed by atoms with Crippen molar-refractivity contribution < 1.29 is 23.4 Å². The van der Waals surface area contributed by atoms with Crippen LogP contribution in [0.4, 0.5) is 14.5 Å². The molecule has 0 unspecified atom stereocenters. The van der Waals surface area contributed by atoms with Crippen LogP contribution >= 0.6 is 0 Å². The molecule has 0 spiro atoms. The van der Waals surface area contributed by atoms with Crippen LogP contribution in [0.3, 0.4) is 0 Å². The second-order valence-electron chi connectivity index (χ2n) is 2.47. The number of carboxylic acids is 1. The van der Waals surface area contributed by atoms with Crippen molar-refractivity contribution in [1.29, 1.82) is 0 Å². The molecule has 4 nitrogen and oxygen atoms in total. The summed E-state index contributed by atoms with van der Waals surface area (Å²) in [7, 11) is 1.06. The highest BCUT2D eigenvalue weighted by Gasteiger charge is 2.20. The lowest BCUT2D eigenvalue weighted by Gasteiger charge is -2.07. The van der Waals surface area contributed by atoms with Crippen molar-refractivity contribution >= 4 is 11.7 Å². The fourth-order valence-corrected chi connectivity index (χ4v) is 0.979. The molecule has 0 aliphatic heterocycles. The number of nitrogen functional groups attached to an aromatic ring is 1. The van der Waals surface area contributed by atoms with Crippen molar-refractivity contribution in [3.8, 4) is 5.75 Å². The number of methoxy groups -OCH3 is 1. The minimum absolute atomic E-state index is 0.611. The van der Waals surface area contributed by atoms with Gasteiger partial charge in [-0.1, -0.05) is 0 Å². The van der Waals surface area contributed by atoms with E-state index in [2.05, 4.69) is 4.74 Å². The summed E-state index contributed by atoms with van der Waals surface area (Å²) in [6.45, 7) is 0. The number of anilines is 1. The smallest absolute Gasteiger partial charge is 0.338 e. The Morgan fingerprint density at radius 1 is 1.57 bits per heavy atom. The van der Waals surface area contributed by atoms with Crippen LogP contribution in [0.5, 0.6) is 5.75 Å². The topological polar surface area (TPSA) is 72.5 Å². The Hall–Kier alpha value is -1.85. The Bertz CT molecular complexity index is 393. The minimum atomic E-state index is -1.50. The number of carbonyl (C=O) groups is 1. The van der Waals surface area contributed by atoms with Crippen LogP contribution in [0.25, 0.3) is 0 Å². The summed E-state index contributed by atoms with van der Waals surface area (Å²) in [5, 5.41) is 8.52. The van der Waals surface area contributed by atoms with E-state index in [1.165, 1.54) is 0 Å².